The van der Waals surface area contributed by atoms with E-state index < -0.39 is 0 Å². The molecule has 1 aromatic heterocycles. The van der Waals surface area contributed by atoms with Crippen LogP contribution in [0.3, 0.4) is 0 Å². The van der Waals surface area contributed by atoms with Crippen molar-refractivity contribution in [1.29, 1.82) is 0 Å². The van der Waals surface area contributed by atoms with E-state index in [4.69, 9.17) is 0 Å². The van der Waals surface area contributed by atoms with Crippen LogP contribution in [0.1, 0.15) is 20.3 Å². The van der Waals surface area contributed by atoms with Crippen molar-refractivity contribution in [1.82, 2.24) is 9.55 Å². The molecule has 1 rings (SSSR count). The van der Waals surface area contributed by atoms with Gasteiger partial charge in [0.1, 0.15) is 0 Å². The molecule has 0 saturated heterocycles. The Labute approximate surface area is 82.6 Å². The van der Waals surface area contributed by atoms with Gasteiger partial charge in [-0.2, -0.15) is 0 Å². The first kappa shape index (κ1) is 10.6. The molecule has 1 aromatic rings. The summed E-state index contributed by atoms with van der Waals surface area (Å²) in [4.78, 5) is 26.2. The summed E-state index contributed by atoms with van der Waals surface area (Å²) in [5.41, 5.74) is -0.371. The van der Waals surface area contributed by atoms with Gasteiger partial charge in [-0.15, -0.1) is 0 Å². The zero-order chi connectivity index (χ0) is 10.6. The van der Waals surface area contributed by atoms with Gasteiger partial charge >= 0.3 is 5.69 Å². The molecule has 4 heteroatoms. The molecule has 1 heterocycles. The van der Waals surface area contributed by atoms with E-state index in [0.717, 1.165) is 6.42 Å². The van der Waals surface area contributed by atoms with Crippen molar-refractivity contribution in [3.05, 3.63) is 28.9 Å². The lowest BCUT2D eigenvalue weighted by Crippen LogP contribution is -2.27. The summed E-state index contributed by atoms with van der Waals surface area (Å²) in [5.74, 6) is 0.0738. The molecule has 0 spiro atoms. The zero-order valence-electron chi connectivity index (χ0n) is 8.43. The summed E-state index contributed by atoms with van der Waals surface area (Å²) in [7, 11) is 0. The second-order valence-corrected chi connectivity index (χ2v) is 3.31. The fourth-order valence-electron chi connectivity index (χ4n) is 1.06. The summed E-state index contributed by atoms with van der Waals surface area (Å²) in [6.45, 7) is 3.94. The topological polar surface area (TPSA) is 52.0 Å². The van der Waals surface area contributed by atoms with Gasteiger partial charge in [0.25, 0.3) is 0 Å². The van der Waals surface area contributed by atoms with E-state index >= 15 is 0 Å². The fourth-order valence-corrected chi connectivity index (χ4v) is 1.06. The highest BCUT2D eigenvalue weighted by molar-refractivity contribution is 5.80. The van der Waals surface area contributed by atoms with E-state index in [1.54, 1.807) is 12.3 Å². The highest BCUT2D eigenvalue weighted by Crippen LogP contribution is 2.02. The van der Waals surface area contributed by atoms with Gasteiger partial charge in [-0.25, -0.2) is 9.78 Å². The van der Waals surface area contributed by atoms with Gasteiger partial charge in [-0.3, -0.25) is 9.36 Å². The molecule has 0 radical (unpaired) electrons. The number of nitrogens with zero attached hydrogens (tertiary/aromatic N) is 2. The van der Waals surface area contributed by atoms with Crippen LogP contribution in [0.2, 0.25) is 0 Å². The molecule has 0 amide bonds. The van der Waals surface area contributed by atoms with Crippen molar-refractivity contribution in [2.24, 2.45) is 5.92 Å². The third-order valence-corrected chi connectivity index (χ3v) is 2.27. The summed E-state index contributed by atoms with van der Waals surface area (Å²) >= 11 is 0. The minimum Gasteiger partial charge on any atom is -0.297 e. The summed E-state index contributed by atoms with van der Waals surface area (Å²) < 4.78 is 1.33. The predicted molar refractivity (Wildman–Crippen MR) is 53.0 cm³/mol. The minimum absolute atomic E-state index is 0.00195. The number of carbonyl (C=O) groups is 1. The molecule has 14 heavy (non-hydrogen) atoms. The van der Waals surface area contributed by atoms with Crippen molar-refractivity contribution < 1.29 is 4.79 Å². The highest BCUT2D eigenvalue weighted by Gasteiger charge is 2.11. The van der Waals surface area contributed by atoms with Gasteiger partial charge in [0, 0.05) is 18.3 Å². The second kappa shape index (κ2) is 4.69. The van der Waals surface area contributed by atoms with E-state index in [1.807, 2.05) is 13.8 Å². The van der Waals surface area contributed by atoms with E-state index in [-0.39, 0.29) is 23.9 Å². The molecule has 1 atom stereocenters. The van der Waals surface area contributed by atoms with Crippen LogP contribution in [-0.2, 0) is 11.3 Å². The highest BCUT2D eigenvalue weighted by atomic mass is 16.2. The van der Waals surface area contributed by atoms with Crippen LogP contribution in [0.5, 0.6) is 0 Å². The molecule has 0 aliphatic rings. The second-order valence-electron chi connectivity index (χ2n) is 3.31. The largest absolute Gasteiger partial charge is 0.347 e. The average Bonchev–Trinajstić information content (AvgIpc) is 2.20. The van der Waals surface area contributed by atoms with Gasteiger partial charge < -0.3 is 0 Å². The Morgan fingerprint density at radius 3 is 2.93 bits per heavy atom. The molecule has 4 nitrogen and oxygen atoms in total. The van der Waals surface area contributed by atoms with Gasteiger partial charge in [-0.05, 0) is 12.5 Å². The SMILES string of the molecule is CCC(C)C(=O)Cn1cccnc1=O. The minimum atomic E-state index is -0.371. The Hall–Kier alpha value is -1.45. The van der Waals surface area contributed by atoms with Gasteiger partial charge in [0.2, 0.25) is 0 Å². The first-order chi connectivity index (χ1) is 6.65. The molecule has 0 saturated carbocycles. The quantitative estimate of drug-likeness (QED) is 0.714. The van der Waals surface area contributed by atoms with Crippen molar-refractivity contribution in [3.8, 4) is 0 Å². The fraction of sp³-hybridized carbons (Fsp3) is 0.500. The first-order valence-corrected chi connectivity index (χ1v) is 4.69. The smallest absolute Gasteiger partial charge is 0.297 e. The molecule has 0 bridgehead atoms. The first-order valence-electron chi connectivity index (χ1n) is 4.69. The van der Waals surface area contributed by atoms with Crippen LogP contribution in [0.4, 0.5) is 0 Å². The maximum absolute atomic E-state index is 11.5. The molecule has 0 aromatic carbocycles. The van der Waals surface area contributed by atoms with E-state index in [9.17, 15) is 9.59 Å². The molecule has 1 unspecified atom stereocenters. The molecule has 0 N–H and O–H groups in total. The lowest BCUT2D eigenvalue weighted by atomic mass is 10.0. The van der Waals surface area contributed by atoms with Crippen molar-refractivity contribution in [2.75, 3.05) is 0 Å². The molecule has 0 fully saturated rings. The zero-order valence-corrected chi connectivity index (χ0v) is 8.43. The molecular formula is C10H14N2O2. The third kappa shape index (κ3) is 2.52. The third-order valence-electron chi connectivity index (χ3n) is 2.27. The Morgan fingerprint density at radius 2 is 2.36 bits per heavy atom. The van der Waals surface area contributed by atoms with Crippen LogP contribution in [0.25, 0.3) is 0 Å². The maximum Gasteiger partial charge on any atom is 0.347 e. The summed E-state index contributed by atoms with van der Waals surface area (Å²) in [6.07, 6.45) is 3.80. The number of rotatable bonds is 4. The van der Waals surface area contributed by atoms with Crippen LogP contribution >= 0.6 is 0 Å². The van der Waals surface area contributed by atoms with Crippen LogP contribution < -0.4 is 5.69 Å². The lowest BCUT2D eigenvalue weighted by molar-refractivity contribution is -0.123. The Morgan fingerprint density at radius 1 is 1.64 bits per heavy atom. The monoisotopic (exact) mass is 194 g/mol. The van der Waals surface area contributed by atoms with Gasteiger partial charge in [0.15, 0.2) is 5.78 Å². The lowest BCUT2D eigenvalue weighted by Gasteiger charge is -2.08. The van der Waals surface area contributed by atoms with Gasteiger partial charge in [-0.1, -0.05) is 13.8 Å². The number of hydrogen-bond donors (Lipinski definition) is 0. The number of aromatic nitrogens is 2. The van der Waals surface area contributed by atoms with Crippen LogP contribution in [0, 0.1) is 5.92 Å². The normalized spacial score (nSPS) is 12.4. The number of ketones is 1. The van der Waals surface area contributed by atoms with Crippen LogP contribution in [-0.4, -0.2) is 15.3 Å². The van der Waals surface area contributed by atoms with Crippen molar-refractivity contribution in [2.45, 2.75) is 26.8 Å². The molecule has 0 aliphatic heterocycles. The van der Waals surface area contributed by atoms with Crippen LogP contribution in [0.15, 0.2) is 23.3 Å². The van der Waals surface area contributed by atoms with Crippen molar-refractivity contribution >= 4 is 5.78 Å². The number of carbonyl (C=O) groups excluding carboxylic acids is 1. The Balaban J connectivity index is 2.75. The summed E-state index contributed by atoms with van der Waals surface area (Å²) in [6, 6.07) is 1.64. The summed E-state index contributed by atoms with van der Waals surface area (Å²) in [5, 5.41) is 0. The standard InChI is InChI=1S/C10H14N2O2/c1-3-8(2)9(13)7-12-6-4-5-11-10(12)14/h4-6,8H,3,7H2,1-2H3. The van der Waals surface area contributed by atoms with E-state index in [0.29, 0.717) is 0 Å². The van der Waals surface area contributed by atoms with Gasteiger partial charge in [0.05, 0.1) is 6.54 Å². The Kier molecular flexibility index (Phi) is 3.56. The van der Waals surface area contributed by atoms with E-state index in [1.165, 1.54) is 10.8 Å². The maximum atomic E-state index is 11.5. The van der Waals surface area contributed by atoms with E-state index in [2.05, 4.69) is 4.98 Å². The average molecular weight is 194 g/mol. The molecule has 0 aliphatic carbocycles. The Bertz CT molecular complexity index is 370. The molecule has 76 valence electrons. The van der Waals surface area contributed by atoms with Crippen molar-refractivity contribution in [3.63, 3.8) is 0 Å². The predicted octanol–water partition coefficient (Wildman–Crippen LogP) is 0.858. The number of hydrogen-bond acceptors (Lipinski definition) is 3. The number of Topliss-reactive ketones (excluding diaryl/α,β-unsaturated/α-hetero) is 1. The molecular weight excluding hydrogens is 180 g/mol.